The first-order valence-electron chi connectivity index (χ1n) is 46.8. The van der Waals surface area contributed by atoms with Crippen molar-refractivity contribution in [3.05, 3.63) is 384 Å². The Kier molecular flexibility index (Phi) is 30.0. The maximum absolute atomic E-state index is 2.52. The second kappa shape index (κ2) is 41.3. The molecule has 0 aliphatic heterocycles. The van der Waals surface area contributed by atoms with E-state index in [9.17, 15) is 0 Å². The molecule has 678 valence electrons. The van der Waals surface area contributed by atoms with Crippen LogP contribution in [0.5, 0.6) is 0 Å². The van der Waals surface area contributed by atoms with Gasteiger partial charge in [-0.25, -0.2) is 36.5 Å². The first kappa shape index (κ1) is 96.7. The van der Waals surface area contributed by atoms with Gasteiger partial charge in [-0.1, -0.05) is 219 Å². The van der Waals surface area contributed by atoms with Crippen molar-refractivity contribution >= 4 is 22.1 Å². The Morgan fingerprint density at radius 1 is 0.226 bits per heavy atom. The zero-order valence-corrected chi connectivity index (χ0v) is 81.9. The van der Waals surface area contributed by atoms with Crippen LogP contribution in [0.3, 0.4) is 0 Å². The molecule has 0 bridgehead atoms. The molecule has 0 unspecified atom stereocenters. The standard InChI is InChI=1S/C33H37N3.C30H37N3.C29H35N3.C27H25N3.2CH4/c1-22(2)25-14-12-15-26(23(3)4)32(25)36-31-20-9-8-19-30(31)35(7)33(36)28-17-13-16-27(24(28)5)29-18-10-11-21-34(29)6;1-20(2)24-11-9-12-25(21(3)4)29(24)33-18-17-32(8)30(33)27-14-10-13-26(23(27)6)28-19-22(5)15-16-31(28)7;1-20(2)23-12-10-13-24(21(3)4)28(23)32-19-18-31(7)29(32)26-15-11-14-25(22(26)5)27-16-8-9-17-30(27)6;1-20-22(24-16-9-10-19-28(24)2)14-11-15-23(20)27-29(3)25-17-7-8-18-26(25)30(27)21-12-5-4-6-13-21;;/h8-23H,1-7H3;9-21H,1-8H3;8-21H,1-7H3;4-19H,1-3H3;2*1H4/q4*+2;;. The molecule has 8 heterocycles. The number of imidazole rings is 4. The molecule has 0 radical (unpaired) electrons. The number of pyridine rings is 4. The zero-order valence-electron chi connectivity index (χ0n) is 81.9. The predicted molar refractivity (Wildman–Crippen MR) is 553 cm³/mol. The average molecular weight is 1760 g/mol. The van der Waals surface area contributed by atoms with Crippen molar-refractivity contribution < 1.29 is 36.5 Å². The summed E-state index contributed by atoms with van der Waals surface area (Å²) in [6, 6.07) is 98.6. The third-order valence-electron chi connectivity index (χ3n) is 26.7. The Morgan fingerprint density at radius 3 is 0.850 bits per heavy atom. The highest BCUT2D eigenvalue weighted by atomic mass is 15.2. The van der Waals surface area contributed by atoms with Crippen LogP contribution < -0.4 is 36.5 Å². The van der Waals surface area contributed by atoms with E-state index in [2.05, 4.69) is 551 Å². The van der Waals surface area contributed by atoms with Crippen molar-refractivity contribution in [3.63, 3.8) is 0 Å². The van der Waals surface area contributed by atoms with E-state index < -0.39 is 0 Å². The fourth-order valence-electron chi connectivity index (χ4n) is 19.6. The van der Waals surface area contributed by atoms with Gasteiger partial charge in [0, 0.05) is 104 Å². The molecule has 0 spiro atoms. The van der Waals surface area contributed by atoms with Crippen LogP contribution in [-0.2, 0) is 56.4 Å². The number of hydrogen-bond donors (Lipinski definition) is 0. The first-order valence-corrected chi connectivity index (χ1v) is 46.8. The highest BCUT2D eigenvalue weighted by Gasteiger charge is 2.36. The molecule has 0 atom stereocenters. The number of para-hydroxylation sites is 8. The number of fused-ring (bicyclic) bond motifs is 2. The minimum atomic E-state index is 0. The van der Waals surface area contributed by atoms with Gasteiger partial charge in [0.05, 0.1) is 50.4 Å². The average Bonchev–Trinajstić information content (AvgIpc) is 1.62. The Bertz CT molecular complexity index is 7140. The minimum absolute atomic E-state index is 0. The highest BCUT2D eigenvalue weighted by Crippen LogP contribution is 2.43. The Labute approximate surface area is 793 Å². The molecule has 0 saturated carbocycles. The highest BCUT2D eigenvalue weighted by molar-refractivity contribution is 5.85. The Balaban J connectivity index is 0.000000150. The topological polar surface area (TPSA) is 50.8 Å². The van der Waals surface area contributed by atoms with Crippen molar-refractivity contribution in [2.75, 3.05) is 0 Å². The van der Waals surface area contributed by atoms with E-state index in [1.54, 1.807) is 0 Å². The molecular weight excluding hydrogens is 1620 g/mol. The lowest BCUT2D eigenvalue weighted by Crippen LogP contribution is -2.31. The van der Waals surface area contributed by atoms with Crippen LogP contribution in [0.2, 0.25) is 0 Å². The van der Waals surface area contributed by atoms with Gasteiger partial charge in [0.25, 0.3) is 23.3 Å². The van der Waals surface area contributed by atoms with Crippen molar-refractivity contribution in [3.8, 4) is 113 Å². The maximum atomic E-state index is 2.52. The van der Waals surface area contributed by atoms with E-state index in [0.29, 0.717) is 35.5 Å². The second-order valence-electron chi connectivity index (χ2n) is 37.4. The molecule has 0 fully saturated rings. The summed E-state index contributed by atoms with van der Waals surface area (Å²) in [7, 11) is 17.1. The fourth-order valence-corrected chi connectivity index (χ4v) is 19.6. The molecular formula is C121H142N12+8. The summed E-state index contributed by atoms with van der Waals surface area (Å²) in [4.78, 5) is 0. The van der Waals surface area contributed by atoms with Crippen molar-refractivity contribution in [1.82, 2.24) is 18.3 Å². The van der Waals surface area contributed by atoms with Crippen molar-refractivity contribution in [2.45, 2.75) is 168 Å². The van der Waals surface area contributed by atoms with Gasteiger partial charge in [0.2, 0.25) is 22.8 Å². The first-order chi connectivity index (χ1) is 63.0. The molecule has 12 heteroatoms. The van der Waals surface area contributed by atoms with Crippen molar-refractivity contribution in [1.29, 1.82) is 0 Å². The third-order valence-corrected chi connectivity index (χ3v) is 26.7. The molecule has 0 saturated heterocycles. The summed E-state index contributed by atoms with van der Waals surface area (Å²) in [5, 5.41) is 0. The monoisotopic (exact) mass is 1760 g/mol. The van der Waals surface area contributed by atoms with Crippen molar-refractivity contribution in [2.24, 2.45) is 56.4 Å². The maximum Gasteiger partial charge on any atom is 0.295 e. The molecule has 18 aromatic rings. The molecule has 0 N–H and O–H groups in total. The summed E-state index contributed by atoms with van der Waals surface area (Å²) in [6.45, 7) is 38.6. The number of rotatable bonds is 18. The van der Waals surface area contributed by atoms with E-state index >= 15 is 0 Å². The van der Waals surface area contributed by atoms with E-state index in [4.69, 9.17) is 0 Å². The predicted octanol–water partition coefficient (Wildman–Crippen LogP) is 25.7. The lowest BCUT2D eigenvalue weighted by molar-refractivity contribution is -0.660. The molecule has 18 rings (SSSR count). The largest absolute Gasteiger partial charge is 0.295 e. The van der Waals surface area contributed by atoms with E-state index in [1.807, 2.05) is 0 Å². The van der Waals surface area contributed by atoms with Crippen LogP contribution in [-0.4, -0.2) is 18.3 Å². The van der Waals surface area contributed by atoms with Gasteiger partial charge in [-0.2, -0.15) is 18.3 Å². The Morgan fingerprint density at radius 2 is 0.504 bits per heavy atom. The fraction of sp³-hybridized carbons (Fsp3) is 0.273. The lowest BCUT2D eigenvalue weighted by Gasteiger charge is -2.18. The number of hydrogen-bond acceptors (Lipinski definition) is 0. The SMILES string of the molecule is C.C.Cc1c(-c2cccc[n+]2C)cccc1-c1n(-c2c(C(C)C)cccc2C(C)C)c2ccccc2[n+]1C.Cc1c(-c2cccc[n+]2C)cccc1-c1n(-c2c(C(C)C)cccc2C(C)C)cc[n+]1C.Cc1c(-c2cccc[n+]2C)cccc1-c1n(-c2ccccc2)c2ccccc2[n+]1C.Cc1cc[n+](C)c(-c2cccc(-c3n(-c4c(C(C)C)cccc4C(C)C)cc[n+]3C)c2C)c1. The van der Waals surface area contributed by atoms with E-state index in [-0.39, 0.29) is 14.9 Å². The number of aromatic nitrogens is 12. The quantitative estimate of drug-likeness (QED) is 0.0769. The normalized spacial score (nSPS) is 11.3. The van der Waals surface area contributed by atoms with Crippen LogP contribution in [0, 0.1) is 34.6 Å². The van der Waals surface area contributed by atoms with Gasteiger partial charge < -0.3 is 0 Å². The molecule has 8 aromatic heterocycles. The van der Waals surface area contributed by atoms with Gasteiger partial charge in [-0.15, -0.1) is 0 Å². The summed E-state index contributed by atoms with van der Waals surface area (Å²) < 4.78 is 27.7. The van der Waals surface area contributed by atoms with Crippen LogP contribution in [0.15, 0.2) is 323 Å². The number of nitrogens with zero attached hydrogens (tertiary/aromatic N) is 12. The minimum Gasteiger partial charge on any atom is -0.232 e. The summed E-state index contributed by atoms with van der Waals surface area (Å²) in [6.07, 6.45) is 17.3. The van der Waals surface area contributed by atoms with Gasteiger partial charge in [0.15, 0.2) is 46.9 Å². The summed E-state index contributed by atoms with van der Waals surface area (Å²) in [5.74, 6) is 7.40. The van der Waals surface area contributed by atoms with E-state index in [0.717, 1.165) is 0 Å². The smallest absolute Gasteiger partial charge is 0.232 e. The van der Waals surface area contributed by atoms with Crippen LogP contribution in [0.1, 0.15) is 195 Å². The van der Waals surface area contributed by atoms with Gasteiger partial charge in [-0.05, 0) is 201 Å². The summed E-state index contributed by atoms with van der Waals surface area (Å²) in [5.41, 5.74) is 39.7. The van der Waals surface area contributed by atoms with Crippen LogP contribution >= 0.6 is 0 Å². The van der Waals surface area contributed by atoms with Gasteiger partial charge in [0.1, 0.15) is 75.7 Å². The Hall–Kier alpha value is -13.8. The number of benzene rings is 10. The van der Waals surface area contributed by atoms with Gasteiger partial charge >= 0.3 is 0 Å². The lowest BCUT2D eigenvalue weighted by atomic mass is 9.92. The number of aryl methyl sites for hydroxylation is 9. The van der Waals surface area contributed by atoms with Crippen LogP contribution in [0.4, 0.5) is 0 Å². The third kappa shape index (κ3) is 18.9. The second-order valence-corrected chi connectivity index (χ2v) is 37.4. The molecule has 10 aromatic carbocycles. The molecule has 0 amide bonds. The summed E-state index contributed by atoms with van der Waals surface area (Å²) >= 11 is 0. The molecule has 12 nitrogen and oxygen atoms in total. The van der Waals surface area contributed by atoms with E-state index in [1.165, 1.54) is 197 Å². The molecule has 133 heavy (non-hydrogen) atoms. The molecule has 0 aliphatic rings. The van der Waals surface area contributed by atoms with Crippen LogP contribution in [0.25, 0.3) is 135 Å². The zero-order chi connectivity index (χ0) is 93.1. The molecule has 0 aliphatic carbocycles. The van der Waals surface area contributed by atoms with Gasteiger partial charge in [-0.3, -0.25) is 0 Å².